The van der Waals surface area contributed by atoms with Crippen molar-refractivity contribution < 1.29 is 18.7 Å². The molecule has 0 aromatic carbocycles. The number of hydrogen-bond acceptors (Lipinski definition) is 7. The van der Waals surface area contributed by atoms with Crippen molar-refractivity contribution in [1.29, 1.82) is 0 Å². The molecule has 2 aromatic rings. The minimum Gasteiger partial charge on any atom is -0.435 e. The van der Waals surface area contributed by atoms with Crippen molar-refractivity contribution in [3.63, 3.8) is 0 Å². The number of aromatic nitrogens is 2. The van der Waals surface area contributed by atoms with Gasteiger partial charge in [0, 0.05) is 18.4 Å². The lowest BCUT2D eigenvalue weighted by atomic mass is 10.1. The quantitative estimate of drug-likeness (QED) is 0.858. The van der Waals surface area contributed by atoms with E-state index in [1.54, 1.807) is 12.4 Å². The zero-order valence-corrected chi connectivity index (χ0v) is 14.6. The summed E-state index contributed by atoms with van der Waals surface area (Å²) >= 11 is 1.53. The largest absolute Gasteiger partial charge is 0.435 e. The second-order valence-electron chi connectivity index (χ2n) is 5.65. The molecule has 0 radical (unpaired) electrons. The smallest absolute Gasteiger partial charge is 0.289 e. The Labute approximate surface area is 144 Å². The molecule has 1 aliphatic heterocycles. The van der Waals surface area contributed by atoms with Crippen molar-refractivity contribution in [2.24, 2.45) is 0 Å². The monoisotopic (exact) mass is 351 g/mol. The molecule has 1 N–H and O–H groups in total. The molecule has 3 heterocycles. The summed E-state index contributed by atoms with van der Waals surface area (Å²) in [6.07, 6.45) is 1.14. The third kappa shape index (κ3) is 4.00. The van der Waals surface area contributed by atoms with E-state index in [4.69, 9.17) is 13.9 Å². The van der Waals surface area contributed by atoms with Crippen LogP contribution in [0.5, 0.6) is 0 Å². The lowest BCUT2D eigenvalue weighted by molar-refractivity contribution is -0.0743. The van der Waals surface area contributed by atoms with E-state index in [9.17, 15) is 4.79 Å². The fraction of sp³-hybridized carbons (Fsp3) is 0.562. The summed E-state index contributed by atoms with van der Waals surface area (Å²) in [5.41, 5.74) is 3.26. The lowest BCUT2D eigenvalue weighted by Gasteiger charge is -2.31. The Morgan fingerprint density at radius 2 is 2.42 bits per heavy atom. The van der Waals surface area contributed by atoms with Gasteiger partial charge in [0.1, 0.15) is 6.10 Å². The summed E-state index contributed by atoms with van der Waals surface area (Å²) < 4.78 is 16.9. The molecule has 2 aromatic heterocycles. The van der Waals surface area contributed by atoms with E-state index in [1.807, 2.05) is 12.3 Å². The van der Waals surface area contributed by atoms with E-state index in [0.717, 1.165) is 5.69 Å². The van der Waals surface area contributed by atoms with Gasteiger partial charge in [0.2, 0.25) is 5.76 Å². The van der Waals surface area contributed by atoms with Crippen molar-refractivity contribution in [2.45, 2.75) is 45.4 Å². The third-order valence-electron chi connectivity index (χ3n) is 3.90. The van der Waals surface area contributed by atoms with Gasteiger partial charge in [0.05, 0.1) is 36.2 Å². The molecule has 0 saturated carbocycles. The molecule has 1 fully saturated rings. The first-order valence-corrected chi connectivity index (χ1v) is 8.95. The first-order valence-electron chi connectivity index (χ1n) is 8.01. The van der Waals surface area contributed by atoms with Crippen LogP contribution in [0.4, 0.5) is 0 Å². The number of nitrogens with zero attached hydrogens (tertiary/aromatic N) is 2. The lowest BCUT2D eigenvalue weighted by Crippen LogP contribution is -2.50. The molecule has 24 heavy (non-hydrogen) atoms. The number of ether oxygens (including phenoxy) is 2. The highest BCUT2D eigenvalue weighted by Crippen LogP contribution is 2.16. The van der Waals surface area contributed by atoms with Crippen LogP contribution in [0.25, 0.3) is 0 Å². The average Bonchev–Trinajstić information content (AvgIpc) is 3.23. The minimum absolute atomic E-state index is 0.125. The van der Waals surface area contributed by atoms with Gasteiger partial charge in [-0.15, -0.1) is 11.3 Å². The normalized spacial score (nSPS) is 20.9. The fourth-order valence-electron chi connectivity index (χ4n) is 2.59. The number of thiazole rings is 1. The number of rotatable bonds is 6. The van der Waals surface area contributed by atoms with E-state index in [-0.39, 0.29) is 23.8 Å². The van der Waals surface area contributed by atoms with Crippen LogP contribution in [0.3, 0.4) is 0 Å². The number of hydrogen-bond donors (Lipinski definition) is 1. The highest BCUT2D eigenvalue weighted by Gasteiger charge is 2.30. The topological polar surface area (TPSA) is 86.5 Å². The Morgan fingerprint density at radius 1 is 1.54 bits per heavy atom. The van der Waals surface area contributed by atoms with Crippen LogP contribution in [0, 0.1) is 6.92 Å². The minimum atomic E-state index is -0.256. The number of carbonyl (C=O) groups is 1. The molecule has 1 amide bonds. The summed E-state index contributed by atoms with van der Waals surface area (Å²) in [6.45, 7) is 5.17. The van der Waals surface area contributed by atoms with E-state index in [1.165, 1.54) is 11.3 Å². The molecule has 0 unspecified atom stereocenters. The van der Waals surface area contributed by atoms with Crippen molar-refractivity contribution in [3.05, 3.63) is 33.9 Å². The first-order chi connectivity index (χ1) is 11.7. The van der Waals surface area contributed by atoms with Crippen LogP contribution in [0.2, 0.25) is 0 Å². The number of aryl methyl sites for hydroxylation is 2. The number of amides is 1. The van der Waals surface area contributed by atoms with E-state index in [0.29, 0.717) is 44.2 Å². The fourth-order valence-corrected chi connectivity index (χ4v) is 3.13. The Balaban J connectivity index is 1.62. The van der Waals surface area contributed by atoms with Gasteiger partial charge in [0.25, 0.3) is 5.91 Å². The zero-order valence-electron chi connectivity index (χ0n) is 13.8. The maximum Gasteiger partial charge on any atom is 0.289 e. The van der Waals surface area contributed by atoms with Crippen molar-refractivity contribution in [1.82, 2.24) is 15.3 Å². The van der Waals surface area contributed by atoms with E-state index in [2.05, 4.69) is 15.3 Å². The van der Waals surface area contributed by atoms with Gasteiger partial charge in [-0.25, -0.2) is 9.97 Å². The highest BCUT2D eigenvalue weighted by atomic mass is 32.1. The van der Waals surface area contributed by atoms with Crippen molar-refractivity contribution >= 4 is 17.2 Å². The highest BCUT2D eigenvalue weighted by molar-refractivity contribution is 7.07. The molecule has 1 saturated heterocycles. The summed E-state index contributed by atoms with van der Waals surface area (Å²) in [5, 5.41) is 4.94. The first kappa shape index (κ1) is 17.1. The summed E-state index contributed by atoms with van der Waals surface area (Å²) in [7, 11) is 0. The van der Waals surface area contributed by atoms with Crippen LogP contribution in [-0.4, -0.2) is 41.2 Å². The van der Waals surface area contributed by atoms with Crippen LogP contribution in [0.1, 0.15) is 41.2 Å². The summed E-state index contributed by atoms with van der Waals surface area (Å²) in [4.78, 5) is 20.9. The van der Waals surface area contributed by atoms with E-state index >= 15 is 0 Å². The maximum atomic E-state index is 12.5. The Hall–Kier alpha value is -1.77. The van der Waals surface area contributed by atoms with Crippen LogP contribution >= 0.6 is 11.3 Å². The Bertz CT molecular complexity index is 671. The molecular weight excluding hydrogens is 330 g/mol. The molecule has 7 nitrogen and oxygen atoms in total. The molecule has 1 aliphatic rings. The number of nitrogens with one attached hydrogen (secondary N) is 1. The van der Waals surface area contributed by atoms with Crippen molar-refractivity contribution in [3.8, 4) is 0 Å². The second-order valence-corrected chi connectivity index (χ2v) is 6.37. The van der Waals surface area contributed by atoms with Crippen molar-refractivity contribution in [2.75, 3.05) is 13.2 Å². The maximum absolute atomic E-state index is 12.5. The molecular formula is C16H21N3O4S. The van der Waals surface area contributed by atoms with Gasteiger partial charge in [-0.2, -0.15) is 0 Å². The molecule has 8 heteroatoms. The SMILES string of the molecule is CCc1nc(C)c(C(=O)N[C@@H]2CCOC[C@H]2OCc2cscn2)o1. The molecule has 130 valence electrons. The van der Waals surface area contributed by atoms with Gasteiger partial charge in [-0.3, -0.25) is 4.79 Å². The molecule has 0 bridgehead atoms. The van der Waals surface area contributed by atoms with Gasteiger partial charge in [0.15, 0.2) is 5.89 Å². The molecule has 0 spiro atoms. The number of carbonyl (C=O) groups excluding carboxylic acids is 1. The Kier molecular flexibility index (Phi) is 5.60. The predicted molar refractivity (Wildman–Crippen MR) is 88.0 cm³/mol. The third-order valence-corrected chi connectivity index (χ3v) is 4.53. The van der Waals surface area contributed by atoms with Gasteiger partial charge < -0.3 is 19.2 Å². The van der Waals surface area contributed by atoms with E-state index < -0.39 is 0 Å². The Morgan fingerprint density at radius 3 is 3.12 bits per heavy atom. The van der Waals surface area contributed by atoms with Crippen LogP contribution in [0.15, 0.2) is 15.3 Å². The average molecular weight is 351 g/mol. The molecule has 3 rings (SSSR count). The van der Waals surface area contributed by atoms with Crippen LogP contribution in [-0.2, 0) is 22.5 Å². The zero-order chi connectivity index (χ0) is 16.9. The summed E-state index contributed by atoms with van der Waals surface area (Å²) in [6, 6.07) is -0.125. The second kappa shape index (κ2) is 7.87. The number of oxazole rings is 1. The molecule has 2 atom stereocenters. The van der Waals surface area contributed by atoms with Crippen LogP contribution < -0.4 is 5.32 Å². The standard InChI is InChI=1S/C16H21N3O4S/c1-3-14-18-10(2)15(23-14)16(20)19-12-4-5-21-7-13(12)22-6-11-8-24-9-17-11/h8-9,12-13H,3-7H2,1-2H3,(H,19,20)/t12-,13-/m1/s1. The molecule has 0 aliphatic carbocycles. The predicted octanol–water partition coefficient (Wildman–Crippen LogP) is 2.11. The summed E-state index contributed by atoms with van der Waals surface area (Å²) in [5.74, 6) is 0.589. The van der Waals surface area contributed by atoms with Gasteiger partial charge >= 0.3 is 0 Å². The van der Waals surface area contributed by atoms with Gasteiger partial charge in [-0.05, 0) is 13.3 Å². The van der Waals surface area contributed by atoms with Gasteiger partial charge in [-0.1, -0.05) is 6.92 Å².